The number of nitrogens with zero attached hydrogens (tertiary/aromatic N) is 5. The predicted molar refractivity (Wildman–Crippen MR) is 127 cm³/mol. The quantitative estimate of drug-likeness (QED) is 0.564. The Morgan fingerprint density at radius 3 is 2.79 bits per heavy atom. The first-order valence-corrected chi connectivity index (χ1v) is 12.4. The van der Waals surface area contributed by atoms with Crippen LogP contribution in [0.2, 0.25) is 0 Å². The van der Waals surface area contributed by atoms with Crippen molar-refractivity contribution in [2.45, 2.75) is 90.1 Å². The lowest BCUT2D eigenvalue weighted by atomic mass is 9.93. The van der Waals surface area contributed by atoms with Gasteiger partial charge in [0.1, 0.15) is 0 Å². The van der Waals surface area contributed by atoms with Gasteiger partial charge < -0.3 is 9.72 Å². The van der Waals surface area contributed by atoms with Gasteiger partial charge in [0.2, 0.25) is 0 Å². The van der Waals surface area contributed by atoms with Gasteiger partial charge in [-0.05, 0) is 71.7 Å². The van der Waals surface area contributed by atoms with Crippen molar-refractivity contribution in [3.05, 3.63) is 51.6 Å². The van der Waals surface area contributed by atoms with Crippen molar-refractivity contribution in [1.82, 2.24) is 30.1 Å². The molecule has 0 radical (unpaired) electrons. The smallest absolute Gasteiger partial charge is 0.252 e. The minimum atomic E-state index is -0.00787. The molecule has 33 heavy (non-hydrogen) atoms. The SMILES string of the molecule is CCc1ccc2[nH]c(=O)c(CN(Cc3nnnn3CC3CCCO3)C3CCCCC3)cc2c1. The molecular formula is C25H34N6O2. The highest BCUT2D eigenvalue weighted by molar-refractivity contribution is 5.79. The summed E-state index contributed by atoms with van der Waals surface area (Å²) in [6.07, 6.45) is 9.37. The minimum absolute atomic E-state index is 0.00787. The van der Waals surface area contributed by atoms with E-state index in [1.165, 1.54) is 24.8 Å². The van der Waals surface area contributed by atoms with Gasteiger partial charge in [-0.2, -0.15) is 0 Å². The minimum Gasteiger partial charge on any atom is -0.376 e. The van der Waals surface area contributed by atoms with Crippen molar-refractivity contribution in [2.24, 2.45) is 0 Å². The Hall–Kier alpha value is -2.58. The molecule has 8 nitrogen and oxygen atoms in total. The second-order valence-corrected chi connectivity index (χ2v) is 9.51. The normalized spacial score (nSPS) is 19.6. The number of H-pyrrole nitrogens is 1. The summed E-state index contributed by atoms with van der Waals surface area (Å²) >= 11 is 0. The number of aromatic nitrogens is 5. The van der Waals surface area contributed by atoms with Crippen molar-refractivity contribution < 1.29 is 4.74 Å². The first kappa shape index (κ1) is 22.2. The van der Waals surface area contributed by atoms with Crippen LogP contribution in [0.1, 0.15) is 68.8 Å². The topological polar surface area (TPSA) is 88.9 Å². The van der Waals surface area contributed by atoms with E-state index in [2.05, 4.69) is 50.5 Å². The maximum atomic E-state index is 13.0. The highest BCUT2D eigenvalue weighted by atomic mass is 16.5. The second kappa shape index (κ2) is 10.1. The molecule has 176 valence electrons. The molecular weight excluding hydrogens is 416 g/mol. The van der Waals surface area contributed by atoms with E-state index in [4.69, 9.17) is 4.74 Å². The zero-order valence-electron chi connectivity index (χ0n) is 19.5. The predicted octanol–water partition coefficient (Wildman–Crippen LogP) is 3.59. The van der Waals surface area contributed by atoms with Crippen LogP contribution in [-0.2, 0) is 30.8 Å². The molecule has 1 saturated carbocycles. The fourth-order valence-corrected chi connectivity index (χ4v) is 5.26. The van der Waals surface area contributed by atoms with Gasteiger partial charge in [-0.15, -0.1) is 5.10 Å². The van der Waals surface area contributed by atoms with Gasteiger partial charge >= 0.3 is 0 Å². The molecule has 1 atom stereocenters. The standard InChI is InChI=1S/C25H34N6O2/c1-2-18-10-11-23-19(13-18)14-20(25(32)26-23)15-30(21-7-4-3-5-8-21)17-24-27-28-29-31(24)16-22-9-6-12-33-22/h10-11,13-14,21-22H,2-9,12,15-17H2,1H3,(H,26,32). The van der Waals surface area contributed by atoms with Crippen LogP contribution < -0.4 is 5.56 Å². The average Bonchev–Trinajstić information content (AvgIpc) is 3.52. The van der Waals surface area contributed by atoms with Gasteiger partial charge in [-0.25, -0.2) is 4.68 Å². The number of fused-ring (bicyclic) bond motifs is 1. The molecule has 3 heterocycles. The second-order valence-electron chi connectivity index (χ2n) is 9.51. The zero-order valence-corrected chi connectivity index (χ0v) is 19.5. The van der Waals surface area contributed by atoms with Crippen LogP contribution in [0.5, 0.6) is 0 Å². The molecule has 2 aromatic heterocycles. The zero-order chi connectivity index (χ0) is 22.6. The van der Waals surface area contributed by atoms with Crippen molar-refractivity contribution in [2.75, 3.05) is 6.61 Å². The summed E-state index contributed by atoms with van der Waals surface area (Å²) in [5.74, 6) is 0.849. The number of tetrazole rings is 1. The van der Waals surface area contributed by atoms with E-state index >= 15 is 0 Å². The molecule has 2 fully saturated rings. The summed E-state index contributed by atoms with van der Waals surface area (Å²) < 4.78 is 7.69. The third-order valence-electron chi connectivity index (χ3n) is 7.21. The molecule has 3 aromatic rings. The molecule has 5 rings (SSSR count). The maximum Gasteiger partial charge on any atom is 0.252 e. The number of rotatable bonds is 8. The molecule has 1 saturated heterocycles. The summed E-state index contributed by atoms with van der Waals surface area (Å²) in [6.45, 7) is 4.90. The fraction of sp³-hybridized carbons (Fsp3) is 0.600. The maximum absolute atomic E-state index is 13.0. The number of benzene rings is 1. The Balaban J connectivity index is 1.41. The van der Waals surface area contributed by atoms with Gasteiger partial charge in [0.05, 0.1) is 19.2 Å². The lowest BCUT2D eigenvalue weighted by Crippen LogP contribution is -2.38. The fourth-order valence-electron chi connectivity index (χ4n) is 5.26. The van der Waals surface area contributed by atoms with Crippen molar-refractivity contribution in [3.8, 4) is 0 Å². The number of aryl methyl sites for hydroxylation is 1. The number of nitrogens with one attached hydrogen (secondary N) is 1. The Labute approximate surface area is 194 Å². The van der Waals surface area contributed by atoms with Gasteiger partial charge in [0, 0.05) is 30.3 Å². The number of ether oxygens (including phenoxy) is 1. The van der Waals surface area contributed by atoms with Gasteiger partial charge in [0.15, 0.2) is 5.82 Å². The highest BCUT2D eigenvalue weighted by Gasteiger charge is 2.26. The molecule has 0 amide bonds. The Morgan fingerprint density at radius 2 is 2.00 bits per heavy atom. The summed E-state index contributed by atoms with van der Waals surface area (Å²) in [7, 11) is 0. The molecule has 1 unspecified atom stereocenters. The van der Waals surface area contributed by atoms with Crippen LogP contribution in [0.15, 0.2) is 29.1 Å². The van der Waals surface area contributed by atoms with Crippen molar-refractivity contribution >= 4 is 10.9 Å². The van der Waals surface area contributed by atoms with Crippen LogP contribution in [0.3, 0.4) is 0 Å². The highest BCUT2D eigenvalue weighted by Crippen LogP contribution is 2.26. The summed E-state index contributed by atoms with van der Waals surface area (Å²) in [5.41, 5.74) is 2.97. The van der Waals surface area contributed by atoms with Crippen LogP contribution in [-0.4, -0.2) is 48.8 Å². The summed E-state index contributed by atoms with van der Waals surface area (Å²) in [5, 5.41) is 13.6. The van der Waals surface area contributed by atoms with Crippen LogP contribution in [0, 0.1) is 0 Å². The average molecular weight is 451 g/mol. The molecule has 8 heteroatoms. The monoisotopic (exact) mass is 450 g/mol. The molecule has 1 aromatic carbocycles. The lowest BCUT2D eigenvalue weighted by Gasteiger charge is -2.34. The summed E-state index contributed by atoms with van der Waals surface area (Å²) in [4.78, 5) is 18.5. The first-order chi connectivity index (χ1) is 16.2. The van der Waals surface area contributed by atoms with E-state index in [0.717, 1.165) is 61.0 Å². The molecule has 1 aliphatic heterocycles. The van der Waals surface area contributed by atoms with E-state index in [0.29, 0.717) is 25.7 Å². The van der Waals surface area contributed by atoms with Crippen molar-refractivity contribution in [1.29, 1.82) is 0 Å². The lowest BCUT2D eigenvalue weighted by molar-refractivity contribution is 0.0893. The largest absolute Gasteiger partial charge is 0.376 e. The van der Waals surface area contributed by atoms with Crippen molar-refractivity contribution in [3.63, 3.8) is 0 Å². The van der Waals surface area contributed by atoms with E-state index in [-0.39, 0.29) is 11.7 Å². The number of aromatic amines is 1. The number of hydrogen-bond donors (Lipinski definition) is 1. The third kappa shape index (κ3) is 5.17. The number of pyridine rings is 1. The first-order valence-electron chi connectivity index (χ1n) is 12.4. The molecule has 2 aliphatic rings. The van der Waals surface area contributed by atoms with E-state index < -0.39 is 0 Å². The molecule has 0 spiro atoms. The molecule has 1 aliphatic carbocycles. The van der Waals surface area contributed by atoms with E-state index in [1.807, 2.05) is 10.7 Å². The Bertz CT molecular complexity index is 1130. The van der Waals surface area contributed by atoms with Gasteiger partial charge in [-0.1, -0.05) is 32.3 Å². The van der Waals surface area contributed by atoms with Crippen LogP contribution in [0.4, 0.5) is 0 Å². The number of hydrogen-bond acceptors (Lipinski definition) is 6. The van der Waals surface area contributed by atoms with Crippen LogP contribution in [0.25, 0.3) is 10.9 Å². The Morgan fingerprint density at radius 1 is 1.12 bits per heavy atom. The third-order valence-corrected chi connectivity index (χ3v) is 7.21. The van der Waals surface area contributed by atoms with E-state index in [9.17, 15) is 4.79 Å². The van der Waals surface area contributed by atoms with Crippen LogP contribution >= 0.6 is 0 Å². The van der Waals surface area contributed by atoms with Gasteiger partial charge in [0.25, 0.3) is 5.56 Å². The summed E-state index contributed by atoms with van der Waals surface area (Å²) in [6, 6.07) is 8.78. The van der Waals surface area contributed by atoms with Gasteiger partial charge in [-0.3, -0.25) is 9.69 Å². The Kier molecular flexibility index (Phi) is 6.83. The van der Waals surface area contributed by atoms with E-state index in [1.54, 1.807) is 0 Å². The molecule has 0 bridgehead atoms. The molecule has 1 N–H and O–H groups in total.